The summed E-state index contributed by atoms with van der Waals surface area (Å²) in [6.07, 6.45) is 0.894. The van der Waals surface area contributed by atoms with Crippen molar-refractivity contribution in [3.05, 3.63) is 52.6 Å². The van der Waals surface area contributed by atoms with Crippen molar-refractivity contribution >= 4 is 21.7 Å². The van der Waals surface area contributed by atoms with E-state index in [1.54, 1.807) is 20.3 Å². The van der Waals surface area contributed by atoms with Crippen LogP contribution in [0.4, 0.5) is 5.69 Å². The van der Waals surface area contributed by atoms with Gasteiger partial charge in [-0.15, -0.1) is 0 Å². The van der Waals surface area contributed by atoms with Crippen molar-refractivity contribution in [1.82, 2.24) is 4.90 Å². The number of ether oxygens (including phenoxy) is 2. The number of anilines is 1. The highest BCUT2D eigenvalue weighted by Crippen LogP contribution is 2.42. The summed E-state index contributed by atoms with van der Waals surface area (Å²) in [6, 6.07) is 9.38. The molecule has 1 fully saturated rings. The third kappa shape index (κ3) is 4.26. The van der Waals surface area contributed by atoms with Gasteiger partial charge in [-0.25, -0.2) is 0 Å². The van der Waals surface area contributed by atoms with Gasteiger partial charge in [-0.2, -0.15) is 8.42 Å². The molecule has 2 aromatic carbocycles. The second-order valence-electron chi connectivity index (χ2n) is 8.12. The fraction of sp³-hybridized carbons (Fsp3) is 0.409. The van der Waals surface area contributed by atoms with Gasteiger partial charge in [0.15, 0.2) is 11.5 Å². The van der Waals surface area contributed by atoms with Crippen molar-refractivity contribution in [1.29, 1.82) is 0 Å². The molecule has 4 rings (SSSR count). The number of fused-ring (bicyclic) bond motifs is 3. The summed E-state index contributed by atoms with van der Waals surface area (Å²) in [5, 5.41) is 0. The van der Waals surface area contributed by atoms with E-state index in [4.69, 9.17) is 14.5 Å². The Morgan fingerprint density at radius 3 is 2.52 bits per heavy atom. The summed E-state index contributed by atoms with van der Waals surface area (Å²) in [7, 11) is 0.852. The number of hydrogen-bond acceptors (Lipinski definition) is 6. The Morgan fingerprint density at radius 2 is 1.84 bits per heavy atom. The van der Waals surface area contributed by atoms with E-state index in [0.29, 0.717) is 22.8 Å². The molecule has 2 aliphatic rings. The van der Waals surface area contributed by atoms with Crippen LogP contribution in [0.25, 0.3) is 0 Å². The summed E-state index contributed by atoms with van der Waals surface area (Å²) < 4.78 is 45.9. The molecule has 2 heterocycles. The van der Waals surface area contributed by atoms with Gasteiger partial charge in [0.25, 0.3) is 0 Å². The second kappa shape index (κ2) is 8.14. The topological polar surface area (TPSA) is 100 Å². The summed E-state index contributed by atoms with van der Waals surface area (Å²) in [6.45, 7) is 3.66. The van der Waals surface area contributed by atoms with Gasteiger partial charge >= 0.3 is 10.3 Å². The van der Waals surface area contributed by atoms with Crippen molar-refractivity contribution in [2.24, 2.45) is 4.99 Å². The number of methoxy groups -OCH3 is 2. The molecule has 0 radical (unpaired) electrons. The maximum Gasteiger partial charge on any atom is 0.357 e. The molecular formula is C22H27N3O5S. The predicted molar refractivity (Wildman–Crippen MR) is 120 cm³/mol. The van der Waals surface area contributed by atoms with Crippen LogP contribution in [0.1, 0.15) is 34.6 Å². The maximum absolute atomic E-state index is 11.6. The average molecular weight is 446 g/mol. The van der Waals surface area contributed by atoms with E-state index < -0.39 is 10.3 Å². The number of nitrogens with one attached hydrogen (secondary N) is 1. The SMILES string of the molecule is COc1cc2c(cc1OC)[C@H]1CN(C)CC[C@H]1N=C2c1ccc(C)cc1NS(=O)(=O)O. The summed E-state index contributed by atoms with van der Waals surface area (Å²) in [4.78, 5) is 7.37. The highest BCUT2D eigenvalue weighted by atomic mass is 32.2. The lowest BCUT2D eigenvalue weighted by atomic mass is 9.78. The van der Waals surface area contributed by atoms with Crippen LogP contribution in [-0.2, 0) is 10.3 Å². The van der Waals surface area contributed by atoms with Crippen molar-refractivity contribution < 1.29 is 22.4 Å². The molecule has 1 saturated heterocycles. The fourth-order valence-electron chi connectivity index (χ4n) is 4.51. The Labute approximate surface area is 182 Å². The van der Waals surface area contributed by atoms with Crippen LogP contribution in [0.5, 0.6) is 11.5 Å². The highest BCUT2D eigenvalue weighted by molar-refractivity contribution is 7.87. The van der Waals surface area contributed by atoms with Gasteiger partial charge in [0.1, 0.15) is 0 Å². The van der Waals surface area contributed by atoms with E-state index in [-0.39, 0.29) is 17.6 Å². The van der Waals surface area contributed by atoms with Crippen LogP contribution in [0, 0.1) is 6.92 Å². The number of aliphatic imine (C=N–C) groups is 1. The van der Waals surface area contributed by atoms with Gasteiger partial charge in [0.2, 0.25) is 0 Å². The van der Waals surface area contributed by atoms with Gasteiger partial charge in [-0.1, -0.05) is 12.1 Å². The van der Waals surface area contributed by atoms with E-state index in [2.05, 4.69) is 16.7 Å². The third-order valence-electron chi connectivity index (χ3n) is 5.95. The second-order valence-corrected chi connectivity index (χ2v) is 9.28. The van der Waals surface area contributed by atoms with Gasteiger partial charge in [-0.05, 0) is 56.3 Å². The maximum atomic E-state index is 11.6. The van der Waals surface area contributed by atoms with Crippen molar-refractivity contribution in [3.63, 3.8) is 0 Å². The van der Waals surface area contributed by atoms with Gasteiger partial charge in [0, 0.05) is 23.6 Å². The largest absolute Gasteiger partial charge is 0.493 e. The molecule has 2 N–H and O–H groups in total. The third-order valence-corrected chi connectivity index (χ3v) is 6.43. The van der Waals surface area contributed by atoms with Gasteiger partial charge < -0.3 is 14.4 Å². The lowest BCUT2D eigenvalue weighted by molar-refractivity contribution is 0.227. The van der Waals surface area contributed by atoms with Crippen LogP contribution >= 0.6 is 0 Å². The fourth-order valence-corrected chi connectivity index (χ4v) is 4.95. The van der Waals surface area contributed by atoms with Crippen LogP contribution in [0.15, 0.2) is 35.3 Å². The zero-order chi connectivity index (χ0) is 22.3. The smallest absolute Gasteiger partial charge is 0.357 e. The lowest BCUT2D eigenvalue weighted by Crippen LogP contribution is -2.42. The summed E-state index contributed by atoms with van der Waals surface area (Å²) >= 11 is 0. The molecule has 0 aromatic heterocycles. The Kier molecular flexibility index (Phi) is 5.67. The number of benzene rings is 2. The number of hydrogen-bond donors (Lipinski definition) is 2. The Morgan fingerprint density at radius 1 is 1.13 bits per heavy atom. The molecule has 0 unspecified atom stereocenters. The van der Waals surface area contributed by atoms with Gasteiger partial charge in [0.05, 0.1) is 31.7 Å². The molecule has 0 saturated carbocycles. The number of likely N-dealkylation sites (N-methyl/N-ethyl adjacent to an activating group) is 1. The van der Waals surface area contributed by atoms with E-state index in [9.17, 15) is 13.0 Å². The first-order chi connectivity index (χ1) is 14.7. The first kappa shape index (κ1) is 21.6. The molecule has 2 atom stereocenters. The molecule has 0 spiro atoms. The normalized spacial score (nSPS) is 21.0. The molecule has 0 aliphatic carbocycles. The number of rotatable bonds is 5. The molecule has 0 bridgehead atoms. The molecule has 0 amide bonds. The Balaban J connectivity index is 1.94. The number of piperidine rings is 1. The van der Waals surface area contributed by atoms with Gasteiger partial charge in [-0.3, -0.25) is 14.3 Å². The van der Waals surface area contributed by atoms with E-state index in [1.165, 1.54) is 0 Å². The molecule has 31 heavy (non-hydrogen) atoms. The van der Waals surface area contributed by atoms with Crippen molar-refractivity contribution in [3.8, 4) is 11.5 Å². The summed E-state index contributed by atoms with van der Waals surface area (Å²) in [5.41, 5.74) is 4.39. The van der Waals surface area contributed by atoms with E-state index >= 15 is 0 Å². The predicted octanol–water partition coefficient (Wildman–Crippen LogP) is 2.87. The standard InChI is InChI=1S/C22H27N3O5S/c1-13-5-6-14(19(9-13)24-31(26,27)28)22-16-11-21(30-4)20(29-3)10-15(16)17-12-25(2)8-7-18(17)23-22/h5-6,9-11,17-18,24H,7-8,12H2,1-4H3,(H,26,27,28)/t17-,18-/m1/s1. The molecule has 9 heteroatoms. The van der Waals surface area contributed by atoms with Crippen LogP contribution in [0.2, 0.25) is 0 Å². The molecule has 8 nitrogen and oxygen atoms in total. The first-order valence-corrected chi connectivity index (χ1v) is 11.5. The van der Waals surface area contributed by atoms with Crippen molar-refractivity contribution in [2.75, 3.05) is 39.1 Å². The Bertz CT molecular complexity index is 1150. The molecule has 2 aromatic rings. The molecule has 2 aliphatic heterocycles. The molecular weight excluding hydrogens is 418 g/mol. The van der Waals surface area contributed by atoms with Crippen LogP contribution in [0.3, 0.4) is 0 Å². The summed E-state index contributed by atoms with van der Waals surface area (Å²) in [5.74, 6) is 1.42. The van der Waals surface area contributed by atoms with E-state index in [0.717, 1.165) is 36.2 Å². The Hall–Kier alpha value is -2.62. The minimum absolute atomic E-state index is 0.0664. The molecule has 166 valence electrons. The highest BCUT2D eigenvalue weighted by Gasteiger charge is 2.36. The average Bonchev–Trinajstić information content (AvgIpc) is 2.71. The van der Waals surface area contributed by atoms with E-state index in [1.807, 2.05) is 31.2 Å². The first-order valence-electron chi connectivity index (χ1n) is 10.1. The van der Waals surface area contributed by atoms with Crippen LogP contribution in [-0.4, -0.2) is 64.0 Å². The quantitative estimate of drug-likeness (QED) is 0.687. The number of aryl methyl sites for hydroxylation is 1. The van der Waals surface area contributed by atoms with Crippen LogP contribution < -0.4 is 14.2 Å². The zero-order valence-corrected chi connectivity index (χ0v) is 18.9. The van der Waals surface area contributed by atoms with Crippen molar-refractivity contribution in [2.45, 2.75) is 25.3 Å². The monoisotopic (exact) mass is 445 g/mol. The lowest BCUT2D eigenvalue weighted by Gasteiger charge is -2.39. The minimum atomic E-state index is -4.44. The zero-order valence-electron chi connectivity index (χ0n) is 18.0. The number of likely N-dealkylation sites (tertiary alicyclic amines) is 1. The number of nitrogens with zero attached hydrogens (tertiary/aromatic N) is 2. The minimum Gasteiger partial charge on any atom is -0.493 e.